The zero-order valence-electron chi connectivity index (χ0n) is 11.7. The predicted octanol–water partition coefficient (Wildman–Crippen LogP) is 3.19. The van der Waals surface area contributed by atoms with E-state index in [2.05, 4.69) is 0 Å². The Labute approximate surface area is 118 Å². The molecule has 0 fully saturated rings. The summed E-state index contributed by atoms with van der Waals surface area (Å²) in [5, 5.41) is 9.96. The summed E-state index contributed by atoms with van der Waals surface area (Å²) in [6.45, 7) is 2.47. The van der Waals surface area contributed by atoms with Crippen LogP contribution in [0.5, 0.6) is 5.75 Å². The number of hydrogen-bond donors (Lipinski definition) is 2. The van der Waals surface area contributed by atoms with Crippen molar-refractivity contribution >= 4 is 5.69 Å². The molecule has 0 radical (unpaired) electrons. The van der Waals surface area contributed by atoms with Crippen LogP contribution < -0.4 is 10.6 Å². The summed E-state index contributed by atoms with van der Waals surface area (Å²) in [4.78, 5) is 1.98. The number of halogens is 1. The van der Waals surface area contributed by atoms with E-state index in [4.69, 9.17) is 5.73 Å². The van der Waals surface area contributed by atoms with Gasteiger partial charge in [0.1, 0.15) is 11.6 Å². The van der Waals surface area contributed by atoms with Crippen molar-refractivity contribution in [3.05, 3.63) is 59.4 Å². The number of phenols is 1. The van der Waals surface area contributed by atoms with E-state index in [1.165, 1.54) is 12.1 Å². The van der Waals surface area contributed by atoms with Gasteiger partial charge in [0.2, 0.25) is 0 Å². The minimum atomic E-state index is -0.240. The summed E-state index contributed by atoms with van der Waals surface area (Å²) in [7, 11) is 1.92. The molecule has 20 heavy (non-hydrogen) atoms. The first-order valence-corrected chi connectivity index (χ1v) is 6.51. The Bertz CT molecular complexity index is 582. The number of rotatable bonds is 4. The van der Waals surface area contributed by atoms with Gasteiger partial charge in [-0.15, -0.1) is 0 Å². The van der Waals surface area contributed by atoms with Crippen LogP contribution in [0, 0.1) is 5.82 Å². The van der Waals surface area contributed by atoms with Crippen LogP contribution in [-0.4, -0.2) is 12.2 Å². The number of anilines is 1. The van der Waals surface area contributed by atoms with Crippen molar-refractivity contribution in [3.8, 4) is 5.75 Å². The maximum absolute atomic E-state index is 12.9. The number of hydrogen-bond acceptors (Lipinski definition) is 3. The molecule has 0 heterocycles. The van der Waals surface area contributed by atoms with Gasteiger partial charge in [-0.1, -0.05) is 18.2 Å². The molecule has 0 aromatic heterocycles. The lowest BCUT2D eigenvalue weighted by atomic mass is 10.1. The van der Waals surface area contributed by atoms with Crippen molar-refractivity contribution < 1.29 is 9.50 Å². The first kappa shape index (κ1) is 14.3. The second-order valence-electron chi connectivity index (χ2n) is 5.01. The fraction of sp³-hybridized carbons (Fsp3) is 0.250. The lowest BCUT2D eigenvalue weighted by Crippen LogP contribution is -2.16. The van der Waals surface area contributed by atoms with Crippen LogP contribution in [0.3, 0.4) is 0 Å². The van der Waals surface area contributed by atoms with E-state index in [1.54, 1.807) is 18.2 Å². The maximum atomic E-state index is 12.9. The number of nitrogens with zero attached hydrogens (tertiary/aromatic N) is 1. The fourth-order valence-corrected chi connectivity index (χ4v) is 2.11. The van der Waals surface area contributed by atoms with Crippen LogP contribution >= 0.6 is 0 Å². The molecule has 4 heteroatoms. The van der Waals surface area contributed by atoms with Crippen molar-refractivity contribution in [1.29, 1.82) is 0 Å². The zero-order valence-corrected chi connectivity index (χ0v) is 11.7. The number of phenolic OH excluding ortho intramolecular Hbond substituents is 1. The molecule has 1 atom stereocenters. The van der Waals surface area contributed by atoms with Gasteiger partial charge in [-0.25, -0.2) is 4.39 Å². The Hall–Kier alpha value is -2.07. The smallest absolute Gasteiger partial charge is 0.123 e. The summed E-state index contributed by atoms with van der Waals surface area (Å²) in [6, 6.07) is 11.6. The van der Waals surface area contributed by atoms with E-state index < -0.39 is 0 Å². The van der Waals surface area contributed by atoms with Gasteiger partial charge in [0.15, 0.2) is 0 Å². The summed E-state index contributed by atoms with van der Waals surface area (Å²) in [5.41, 5.74) is 8.38. The molecule has 0 aliphatic rings. The van der Waals surface area contributed by atoms with E-state index in [-0.39, 0.29) is 17.6 Å². The monoisotopic (exact) mass is 274 g/mol. The van der Waals surface area contributed by atoms with E-state index in [0.29, 0.717) is 6.54 Å². The molecule has 0 saturated heterocycles. The number of nitrogens with two attached hydrogens (primary N) is 1. The molecule has 0 amide bonds. The van der Waals surface area contributed by atoms with Crippen molar-refractivity contribution in [1.82, 2.24) is 0 Å². The average Bonchev–Trinajstić information content (AvgIpc) is 2.40. The lowest BCUT2D eigenvalue weighted by molar-refractivity contribution is 0.464. The Morgan fingerprint density at radius 3 is 2.40 bits per heavy atom. The van der Waals surface area contributed by atoms with Gasteiger partial charge < -0.3 is 15.7 Å². The van der Waals surface area contributed by atoms with Crippen LogP contribution in [0.4, 0.5) is 10.1 Å². The van der Waals surface area contributed by atoms with Crippen molar-refractivity contribution in [2.45, 2.75) is 19.5 Å². The molecule has 3 N–H and O–H groups in total. The quantitative estimate of drug-likeness (QED) is 0.900. The zero-order chi connectivity index (χ0) is 14.7. The topological polar surface area (TPSA) is 49.5 Å². The van der Waals surface area contributed by atoms with Gasteiger partial charge in [-0.2, -0.15) is 0 Å². The lowest BCUT2D eigenvalue weighted by Gasteiger charge is -2.21. The second-order valence-corrected chi connectivity index (χ2v) is 5.01. The first-order valence-electron chi connectivity index (χ1n) is 6.51. The number of aromatic hydroxyl groups is 1. The van der Waals surface area contributed by atoms with Gasteiger partial charge in [0.25, 0.3) is 0 Å². The molecule has 0 saturated carbocycles. The fourth-order valence-electron chi connectivity index (χ4n) is 2.11. The highest BCUT2D eigenvalue weighted by atomic mass is 19.1. The van der Waals surface area contributed by atoms with Crippen molar-refractivity contribution in [2.75, 3.05) is 11.9 Å². The van der Waals surface area contributed by atoms with Crippen molar-refractivity contribution in [2.24, 2.45) is 5.73 Å². The molecule has 106 valence electrons. The summed E-state index contributed by atoms with van der Waals surface area (Å²) >= 11 is 0. The summed E-state index contributed by atoms with van der Waals surface area (Å²) in [5.74, 6) is -0.0428. The van der Waals surface area contributed by atoms with E-state index in [9.17, 15) is 9.50 Å². The van der Waals surface area contributed by atoms with Crippen LogP contribution in [0.25, 0.3) is 0 Å². The second kappa shape index (κ2) is 5.92. The molecule has 2 aromatic rings. The third kappa shape index (κ3) is 3.27. The van der Waals surface area contributed by atoms with Gasteiger partial charge in [0, 0.05) is 37.0 Å². The molecular formula is C16H19FN2O. The standard InChI is InChI=1S/C16H19FN2O/c1-11(18)15-8-7-14(9-16(15)20)19(2)10-12-3-5-13(17)6-4-12/h3-9,11,20H,10,18H2,1-2H3. The highest BCUT2D eigenvalue weighted by Crippen LogP contribution is 2.28. The largest absolute Gasteiger partial charge is 0.508 e. The van der Waals surface area contributed by atoms with Gasteiger partial charge >= 0.3 is 0 Å². The maximum Gasteiger partial charge on any atom is 0.123 e. The van der Waals surface area contributed by atoms with E-state index in [1.807, 2.05) is 31.0 Å². The normalized spacial score (nSPS) is 12.2. The van der Waals surface area contributed by atoms with Crippen LogP contribution in [-0.2, 0) is 6.54 Å². The SMILES string of the molecule is CC(N)c1ccc(N(C)Cc2ccc(F)cc2)cc1O. The van der Waals surface area contributed by atoms with Gasteiger partial charge in [-0.05, 0) is 30.7 Å². The first-order chi connectivity index (χ1) is 9.47. The minimum absolute atomic E-state index is 0.198. The Morgan fingerprint density at radius 2 is 1.85 bits per heavy atom. The van der Waals surface area contributed by atoms with Crippen LogP contribution in [0.2, 0.25) is 0 Å². The molecule has 3 nitrogen and oxygen atoms in total. The van der Waals surface area contributed by atoms with Gasteiger partial charge in [-0.3, -0.25) is 0 Å². The highest BCUT2D eigenvalue weighted by molar-refractivity contribution is 5.53. The van der Waals surface area contributed by atoms with E-state index >= 15 is 0 Å². The molecule has 0 spiro atoms. The predicted molar refractivity (Wildman–Crippen MR) is 79.2 cm³/mol. The third-order valence-corrected chi connectivity index (χ3v) is 3.28. The summed E-state index contributed by atoms with van der Waals surface area (Å²) < 4.78 is 12.9. The van der Waals surface area contributed by atoms with Crippen LogP contribution in [0.1, 0.15) is 24.1 Å². The Kier molecular flexibility index (Phi) is 4.25. The molecule has 1 unspecified atom stereocenters. The third-order valence-electron chi connectivity index (χ3n) is 3.28. The molecule has 0 aliphatic carbocycles. The molecule has 2 rings (SSSR count). The Balaban J connectivity index is 2.15. The Morgan fingerprint density at radius 1 is 1.20 bits per heavy atom. The molecule has 0 aliphatic heterocycles. The molecule has 0 bridgehead atoms. The molecule has 2 aromatic carbocycles. The minimum Gasteiger partial charge on any atom is -0.508 e. The number of benzene rings is 2. The van der Waals surface area contributed by atoms with Crippen molar-refractivity contribution in [3.63, 3.8) is 0 Å². The highest BCUT2D eigenvalue weighted by Gasteiger charge is 2.09. The van der Waals surface area contributed by atoms with Gasteiger partial charge in [0.05, 0.1) is 0 Å². The van der Waals surface area contributed by atoms with E-state index in [0.717, 1.165) is 16.8 Å². The van der Waals surface area contributed by atoms with Crippen LogP contribution in [0.15, 0.2) is 42.5 Å². The average molecular weight is 274 g/mol. The summed E-state index contributed by atoms with van der Waals surface area (Å²) in [6.07, 6.45) is 0. The molecular weight excluding hydrogens is 255 g/mol.